The van der Waals surface area contributed by atoms with Gasteiger partial charge < -0.3 is 10.5 Å². The van der Waals surface area contributed by atoms with Gasteiger partial charge in [0.2, 0.25) is 0 Å². The van der Waals surface area contributed by atoms with E-state index in [-0.39, 0.29) is 11.3 Å². The predicted molar refractivity (Wildman–Crippen MR) is 111 cm³/mol. The zero-order chi connectivity index (χ0) is 21.1. The van der Waals surface area contributed by atoms with Gasteiger partial charge >= 0.3 is 5.97 Å². The molecule has 2 aromatic carbocycles. The van der Waals surface area contributed by atoms with Crippen molar-refractivity contribution < 1.29 is 17.9 Å². The Morgan fingerprint density at radius 3 is 2.36 bits per heavy atom. The van der Waals surface area contributed by atoms with Gasteiger partial charge in [-0.05, 0) is 81.6 Å². The summed E-state index contributed by atoms with van der Waals surface area (Å²) in [6, 6.07) is 10.2. The van der Waals surface area contributed by atoms with Crippen LogP contribution < -0.4 is 10.5 Å². The molecule has 0 unspecified atom stereocenters. The van der Waals surface area contributed by atoms with Gasteiger partial charge in [-0.2, -0.15) is 0 Å². The molecule has 8 heteroatoms. The molecule has 0 aromatic heterocycles. The summed E-state index contributed by atoms with van der Waals surface area (Å²) < 4.78 is 33.2. The second kappa shape index (κ2) is 8.51. The fourth-order valence-corrected chi connectivity index (χ4v) is 3.70. The number of anilines is 1. The molecule has 2 aromatic rings. The molecule has 0 radical (unpaired) electrons. The van der Waals surface area contributed by atoms with E-state index in [0.717, 1.165) is 5.56 Å². The second-order valence-electron chi connectivity index (χ2n) is 7.54. The Hall–Kier alpha value is -2.09. The fraction of sp³-hybridized carbons (Fsp3) is 0.350. The van der Waals surface area contributed by atoms with Gasteiger partial charge in [0, 0.05) is 10.7 Å². The maximum atomic E-state index is 12.7. The summed E-state index contributed by atoms with van der Waals surface area (Å²) in [7, 11) is -3.80. The van der Waals surface area contributed by atoms with Crippen molar-refractivity contribution in [2.45, 2.75) is 50.7 Å². The van der Waals surface area contributed by atoms with Gasteiger partial charge in [0.15, 0.2) is 0 Å². The standard InChI is InChI=1S/C20H25ClN2O4S/c1-13-5-10-17(28(25,26)23-16-8-6-15(21)7-9-16)11-14(13)12-18(22)19(24)27-20(2,3)4/h5-11,18,23H,12,22H2,1-4H3/t18-/m0/s1. The highest BCUT2D eigenvalue weighted by Crippen LogP contribution is 2.22. The minimum atomic E-state index is -3.80. The number of ether oxygens (including phenoxy) is 1. The summed E-state index contributed by atoms with van der Waals surface area (Å²) in [5.41, 5.74) is 7.23. The highest BCUT2D eigenvalue weighted by atomic mass is 35.5. The molecule has 28 heavy (non-hydrogen) atoms. The number of rotatable bonds is 6. The third-order valence-corrected chi connectivity index (χ3v) is 5.51. The summed E-state index contributed by atoms with van der Waals surface area (Å²) in [5.74, 6) is -0.528. The predicted octanol–water partition coefficient (Wildman–Crippen LogP) is 3.66. The molecule has 152 valence electrons. The van der Waals surface area contributed by atoms with Crippen LogP contribution in [-0.2, 0) is 26.0 Å². The van der Waals surface area contributed by atoms with E-state index in [9.17, 15) is 13.2 Å². The molecule has 3 N–H and O–H groups in total. The lowest BCUT2D eigenvalue weighted by Crippen LogP contribution is -2.39. The number of hydrogen-bond acceptors (Lipinski definition) is 5. The molecule has 2 rings (SSSR count). The smallest absolute Gasteiger partial charge is 0.323 e. The Balaban J connectivity index is 2.22. The first-order valence-electron chi connectivity index (χ1n) is 8.74. The molecular weight excluding hydrogens is 400 g/mol. The summed E-state index contributed by atoms with van der Waals surface area (Å²) in [5, 5.41) is 0.511. The number of carbonyl (C=O) groups is 1. The molecule has 0 bridgehead atoms. The van der Waals surface area contributed by atoms with Crippen LogP contribution in [0.5, 0.6) is 0 Å². The van der Waals surface area contributed by atoms with Gasteiger partial charge in [0.1, 0.15) is 11.6 Å². The number of benzene rings is 2. The molecule has 0 aliphatic heterocycles. The van der Waals surface area contributed by atoms with Crippen molar-refractivity contribution >= 4 is 33.3 Å². The molecule has 0 heterocycles. The zero-order valence-corrected chi connectivity index (χ0v) is 17.9. The van der Waals surface area contributed by atoms with Crippen molar-refractivity contribution in [2.75, 3.05) is 4.72 Å². The molecule has 0 saturated carbocycles. The lowest BCUT2D eigenvalue weighted by molar-refractivity contribution is -0.156. The normalized spacial score (nSPS) is 13.1. The summed E-state index contributed by atoms with van der Waals surface area (Å²) in [6.45, 7) is 7.12. The molecule has 1 atom stereocenters. The average molecular weight is 425 g/mol. The number of sulfonamides is 1. The van der Waals surface area contributed by atoms with Gasteiger partial charge in [-0.25, -0.2) is 8.42 Å². The Kier molecular flexibility index (Phi) is 6.75. The summed E-state index contributed by atoms with van der Waals surface area (Å²) >= 11 is 5.83. The number of aryl methyl sites for hydroxylation is 1. The number of esters is 1. The highest BCUT2D eigenvalue weighted by Gasteiger charge is 2.24. The van der Waals surface area contributed by atoms with E-state index >= 15 is 0 Å². The van der Waals surface area contributed by atoms with Crippen LogP contribution in [0.2, 0.25) is 5.02 Å². The highest BCUT2D eigenvalue weighted by molar-refractivity contribution is 7.92. The van der Waals surface area contributed by atoms with E-state index in [4.69, 9.17) is 22.1 Å². The molecule has 6 nitrogen and oxygen atoms in total. The van der Waals surface area contributed by atoms with E-state index in [2.05, 4.69) is 4.72 Å². The van der Waals surface area contributed by atoms with Crippen molar-refractivity contribution in [3.8, 4) is 0 Å². The van der Waals surface area contributed by atoms with Crippen LogP contribution in [0.25, 0.3) is 0 Å². The monoisotopic (exact) mass is 424 g/mol. The third kappa shape index (κ3) is 6.22. The Bertz CT molecular complexity index is 951. The van der Waals surface area contributed by atoms with E-state index < -0.39 is 27.6 Å². The largest absolute Gasteiger partial charge is 0.459 e. The van der Waals surface area contributed by atoms with Crippen molar-refractivity contribution in [2.24, 2.45) is 5.73 Å². The molecule has 0 aliphatic carbocycles. The van der Waals surface area contributed by atoms with Crippen LogP contribution in [0.4, 0.5) is 5.69 Å². The van der Waals surface area contributed by atoms with Crippen LogP contribution >= 0.6 is 11.6 Å². The number of carbonyl (C=O) groups excluding carboxylic acids is 1. The quantitative estimate of drug-likeness (QED) is 0.689. The van der Waals surface area contributed by atoms with E-state index in [1.54, 1.807) is 51.1 Å². The minimum Gasteiger partial charge on any atom is -0.459 e. The van der Waals surface area contributed by atoms with Gasteiger partial charge in [-0.1, -0.05) is 17.7 Å². The fourth-order valence-electron chi connectivity index (χ4n) is 2.46. The number of nitrogens with one attached hydrogen (secondary N) is 1. The maximum Gasteiger partial charge on any atom is 0.323 e. The van der Waals surface area contributed by atoms with Gasteiger partial charge in [0.05, 0.1) is 4.90 Å². The zero-order valence-electron chi connectivity index (χ0n) is 16.3. The first kappa shape index (κ1) is 22.2. The first-order chi connectivity index (χ1) is 12.9. The second-order valence-corrected chi connectivity index (χ2v) is 9.66. The molecule has 0 fully saturated rings. The maximum absolute atomic E-state index is 12.7. The Morgan fingerprint density at radius 2 is 1.79 bits per heavy atom. The lowest BCUT2D eigenvalue weighted by atomic mass is 10.0. The molecule has 0 aliphatic rings. The SMILES string of the molecule is Cc1ccc(S(=O)(=O)Nc2ccc(Cl)cc2)cc1C[C@H](N)C(=O)OC(C)(C)C. The van der Waals surface area contributed by atoms with Crippen LogP contribution in [-0.4, -0.2) is 26.0 Å². The van der Waals surface area contributed by atoms with Gasteiger partial charge in [-0.15, -0.1) is 0 Å². The van der Waals surface area contributed by atoms with E-state index in [1.165, 1.54) is 12.1 Å². The molecular formula is C20H25ClN2O4S. The van der Waals surface area contributed by atoms with E-state index in [0.29, 0.717) is 16.3 Å². The van der Waals surface area contributed by atoms with Crippen molar-refractivity contribution in [3.05, 3.63) is 58.6 Å². The minimum absolute atomic E-state index is 0.0828. The summed E-state index contributed by atoms with van der Waals surface area (Å²) in [6.07, 6.45) is 0.172. The molecule has 0 amide bonds. The average Bonchev–Trinajstić information content (AvgIpc) is 2.57. The Morgan fingerprint density at radius 1 is 1.18 bits per heavy atom. The van der Waals surface area contributed by atoms with Crippen LogP contribution in [0.1, 0.15) is 31.9 Å². The summed E-state index contributed by atoms with van der Waals surface area (Å²) in [4.78, 5) is 12.2. The molecule has 0 saturated heterocycles. The van der Waals surface area contributed by atoms with Crippen molar-refractivity contribution in [1.29, 1.82) is 0 Å². The van der Waals surface area contributed by atoms with Gasteiger partial charge in [-0.3, -0.25) is 9.52 Å². The van der Waals surface area contributed by atoms with Crippen LogP contribution in [0, 0.1) is 6.92 Å². The van der Waals surface area contributed by atoms with E-state index in [1.807, 2.05) is 6.92 Å². The molecule has 0 spiro atoms. The van der Waals surface area contributed by atoms with Crippen LogP contribution in [0.15, 0.2) is 47.4 Å². The number of halogens is 1. The topological polar surface area (TPSA) is 98.5 Å². The van der Waals surface area contributed by atoms with Crippen molar-refractivity contribution in [3.63, 3.8) is 0 Å². The van der Waals surface area contributed by atoms with Crippen LogP contribution in [0.3, 0.4) is 0 Å². The van der Waals surface area contributed by atoms with Crippen molar-refractivity contribution in [1.82, 2.24) is 0 Å². The number of hydrogen-bond donors (Lipinski definition) is 2. The lowest BCUT2D eigenvalue weighted by Gasteiger charge is -2.22. The Labute approximate surface area is 171 Å². The third-order valence-electron chi connectivity index (χ3n) is 3.88. The van der Waals surface area contributed by atoms with Gasteiger partial charge in [0.25, 0.3) is 10.0 Å². The number of nitrogens with two attached hydrogens (primary N) is 1. The first-order valence-corrected chi connectivity index (χ1v) is 10.6.